The minimum Gasteiger partial charge on any atom is -0.468 e. The van der Waals surface area contributed by atoms with Gasteiger partial charge in [0.1, 0.15) is 11.5 Å². The summed E-state index contributed by atoms with van der Waals surface area (Å²) in [5, 5.41) is 3.20. The number of hydrogen-bond acceptors (Lipinski definition) is 3. The summed E-state index contributed by atoms with van der Waals surface area (Å²) in [6.45, 7) is -0.509. The summed E-state index contributed by atoms with van der Waals surface area (Å²) in [5.41, 5.74) is 0.651. The summed E-state index contributed by atoms with van der Waals surface area (Å²) in [4.78, 5) is 0. The summed E-state index contributed by atoms with van der Waals surface area (Å²) >= 11 is 3.32. The maximum absolute atomic E-state index is 12.4. The van der Waals surface area contributed by atoms with Gasteiger partial charge >= 0.3 is 6.61 Å². The van der Waals surface area contributed by atoms with Gasteiger partial charge < -0.3 is 14.5 Å². The molecule has 0 radical (unpaired) electrons. The molecule has 1 aromatic heterocycles. The highest BCUT2D eigenvalue weighted by molar-refractivity contribution is 9.10. The Morgan fingerprint density at radius 3 is 2.80 bits per heavy atom. The summed E-state index contributed by atoms with van der Waals surface area (Å²) in [6, 6.07) is 8.57. The second-order valence-corrected chi connectivity index (χ2v) is 5.16. The van der Waals surface area contributed by atoms with Crippen LogP contribution < -0.4 is 10.1 Å². The predicted molar refractivity (Wildman–Crippen MR) is 74.7 cm³/mol. The van der Waals surface area contributed by atoms with Gasteiger partial charge in [-0.3, -0.25) is 0 Å². The lowest BCUT2D eigenvalue weighted by molar-refractivity contribution is -0.0505. The van der Waals surface area contributed by atoms with Gasteiger partial charge in [-0.2, -0.15) is 8.78 Å². The topological polar surface area (TPSA) is 34.4 Å². The number of ether oxygens (including phenoxy) is 1. The van der Waals surface area contributed by atoms with E-state index in [0.29, 0.717) is 12.1 Å². The number of nitrogens with one attached hydrogen (secondary N) is 1. The first-order valence-corrected chi connectivity index (χ1v) is 6.85. The monoisotopic (exact) mass is 345 g/mol. The van der Waals surface area contributed by atoms with Gasteiger partial charge in [-0.15, -0.1) is 0 Å². The van der Waals surface area contributed by atoms with Crippen LogP contribution in [0.25, 0.3) is 0 Å². The molecule has 20 heavy (non-hydrogen) atoms. The Kier molecular flexibility index (Phi) is 5.14. The molecule has 108 valence electrons. The fourth-order valence-corrected chi connectivity index (χ4v) is 2.21. The molecule has 1 atom stereocenters. The summed E-state index contributed by atoms with van der Waals surface area (Å²) in [5.74, 6) is 0.957. The van der Waals surface area contributed by atoms with Crippen LogP contribution in [0.3, 0.4) is 0 Å². The molecule has 2 aromatic rings. The zero-order chi connectivity index (χ0) is 14.5. The Morgan fingerprint density at radius 2 is 2.15 bits per heavy atom. The maximum atomic E-state index is 12.4. The molecule has 1 heterocycles. The molecular weight excluding hydrogens is 332 g/mol. The fourth-order valence-electron chi connectivity index (χ4n) is 1.80. The molecule has 0 saturated carbocycles. The third-order valence-electron chi connectivity index (χ3n) is 2.81. The van der Waals surface area contributed by atoms with Crippen molar-refractivity contribution < 1.29 is 17.9 Å². The quantitative estimate of drug-likeness (QED) is 0.837. The molecule has 0 unspecified atom stereocenters. The van der Waals surface area contributed by atoms with E-state index in [0.717, 1.165) is 10.2 Å². The van der Waals surface area contributed by atoms with Crippen LogP contribution >= 0.6 is 15.9 Å². The smallest absolute Gasteiger partial charge is 0.387 e. The highest BCUT2D eigenvalue weighted by Crippen LogP contribution is 2.25. The number of rotatable bonds is 6. The summed E-state index contributed by atoms with van der Waals surface area (Å²) in [7, 11) is 0. The lowest BCUT2D eigenvalue weighted by Crippen LogP contribution is -2.18. The van der Waals surface area contributed by atoms with Crippen LogP contribution in [-0.2, 0) is 6.54 Å². The Bertz CT molecular complexity index is 546. The number of benzene rings is 1. The lowest BCUT2D eigenvalue weighted by Gasteiger charge is -2.15. The molecule has 1 aromatic carbocycles. The highest BCUT2D eigenvalue weighted by Gasteiger charge is 2.12. The molecular formula is C14H14BrF2NO2. The Hall–Kier alpha value is -1.40. The van der Waals surface area contributed by atoms with Gasteiger partial charge in [0.25, 0.3) is 0 Å². The average molecular weight is 346 g/mol. The van der Waals surface area contributed by atoms with Crippen LogP contribution in [-0.4, -0.2) is 6.61 Å². The van der Waals surface area contributed by atoms with Crippen molar-refractivity contribution in [3.05, 3.63) is 52.4 Å². The van der Waals surface area contributed by atoms with Gasteiger partial charge in [0.15, 0.2) is 0 Å². The minimum atomic E-state index is -2.84. The van der Waals surface area contributed by atoms with Gasteiger partial charge in [0.2, 0.25) is 0 Å². The van der Waals surface area contributed by atoms with Gasteiger partial charge in [0, 0.05) is 16.6 Å². The highest BCUT2D eigenvalue weighted by atomic mass is 79.9. The molecule has 3 nitrogen and oxygen atoms in total. The molecule has 0 aliphatic heterocycles. The molecule has 2 rings (SSSR count). The fraction of sp³-hybridized carbons (Fsp3) is 0.286. The van der Waals surface area contributed by atoms with E-state index in [9.17, 15) is 8.78 Å². The van der Waals surface area contributed by atoms with Crippen molar-refractivity contribution in [2.24, 2.45) is 0 Å². The number of furan rings is 1. The van der Waals surface area contributed by atoms with Crippen molar-refractivity contribution in [2.45, 2.75) is 26.1 Å². The standard InChI is InChI=1S/C14H14BrF2NO2/c1-9(12-3-2-6-19-12)18-8-10-7-11(15)4-5-13(10)20-14(16)17/h2-7,9,14,18H,8H2,1H3/t9-/m0/s1. The van der Waals surface area contributed by atoms with E-state index >= 15 is 0 Å². The summed E-state index contributed by atoms with van der Waals surface area (Å²) < 4.78 is 35.3. The van der Waals surface area contributed by atoms with Gasteiger partial charge in [-0.1, -0.05) is 15.9 Å². The lowest BCUT2D eigenvalue weighted by atomic mass is 10.2. The minimum absolute atomic E-state index is 0.0246. The molecule has 0 bridgehead atoms. The molecule has 0 saturated heterocycles. The van der Waals surface area contributed by atoms with E-state index in [4.69, 9.17) is 4.42 Å². The maximum Gasteiger partial charge on any atom is 0.387 e. The van der Waals surface area contributed by atoms with Gasteiger partial charge in [-0.05, 0) is 37.3 Å². The van der Waals surface area contributed by atoms with E-state index in [1.165, 1.54) is 6.07 Å². The second kappa shape index (κ2) is 6.85. The molecule has 0 fully saturated rings. The van der Waals surface area contributed by atoms with Crippen molar-refractivity contribution in [3.63, 3.8) is 0 Å². The van der Waals surface area contributed by atoms with Gasteiger partial charge in [0.05, 0.1) is 12.3 Å². The van der Waals surface area contributed by atoms with Crippen LogP contribution in [0.4, 0.5) is 8.78 Å². The predicted octanol–water partition coefficient (Wildman–Crippen LogP) is 4.49. The SMILES string of the molecule is C[C@H](NCc1cc(Br)ccc1OC(F)F)c1ccco1. The van der Waals surface area contributed by atoms with Crippen molar-refractivity contribution in [1.29, 1.82) is 0 Å². The largest absolute Gasteiger partial charge is 0.468 e. The van der Waals surface area contributed by atoms with Crippen LogP contribution in [0, 0.1) is 0 Å². The normalized spacial score (nSPS) is 12.7. The summed E-state index contributed by atoms with van der Waals surface area (Å²) in [6.07, 6.45) is 1.60. The third kappa shape index (κ3) is 4.05. The van der Waals surface area contributed by atoms with Crippen molar-refractivity contribution in [1.82, 2.24) is 5.32 Å². The second-order valence-electron chi connectivity index (χ2n) is 4.25. The average Bonchev–Trinajstić information content (AvgIpc) is 2.92. The molecule has 0 aliphatic carbocycles. The van der Waals surface area contributed by atoms with Crippen LogP contribution in [0.2, 0.25) is 0 Å². The van der Waals surface area contributed by atoms with Crippen molar-refractivity contribution in [2.75, 3.05) is 0 Å². The number of halogens is 3. The van der Waals surface area contributed by atoms with Crippen LogP contribution in [0.15, 0.2) is 45.5 Å². The molecule has 0 amide bonds. The van der Waals surface area contributed by atoms with E-state index in [1.54, 1.807) is 24.5 Å². The van der Waals surface area contributed by atoms with Crippen molar-refractivity contribution in [3.8, 4) is 5.75 Å². The first kappa shape index (κ1) is 15.0. The molecule has 0 aliphatic rings. The first-order valence-electron chi connectivity index (χ1n) is 6.06. The molecule has 0 spiro atoms. The number of hydrogen-bond donors (Lipinski definition) is 1. The zero-order valence-corrected chi connectivity index (χ0v) is 12.4. The van der Waals surface area contributed by atoms with E-state index in [2.05, 4.69) is 26.0 Å². The zero-order valence-electron chi connectivity index (χ0n) is 10.8. The van der Waals surface area contributed by atoms with Crippen molar-refractivity contribution >= 4 is 15.9 Å². The Labute approximate surface area is 124 Å². The van der Waals surface area contributed by atoms with E-state index < -0.39 is 6.61 Å². The Balaban J connectivity index is 2.06. The molecule has 1 N–H and O–H groups in total. The van der Waals surface area contributed by atoms with E-state index in [1.807, 2.05) is 13.0 Å². The van der Waals surface area contributed by atoms with Crippen LogP contribution in [0.5, 0.6) is 5.75 Å². The first-order chi connectivity index (χ1) is 9.56. The number of alkyl halides is 2. The van der Waals surface area contributed by atoms with Crippen LogP contribution in [0.1, 0.15) is 24.3 Å². The van der Waals surface area contributed by atoms with E-state index in [-0.39, 0.29) is 11.8 Å². The van der Waals surface area contributed by atoms with Gasteiger partial charge in [-0.25, -0.2) is 0 Å². The Morgan fingerprint density at radius 1 is 1.35 bits per heavy atom. The third-order valence-corrected chi connectivity index (χ3v) is 3.30. The molecule has 6 heteroatoms.